The Balaban J connectivity index is 1.49. The number of aryl methyl sites for hydroxylation is 1. The molecule has 0 bridgehead atoms. The number of nitrogens with zero attached hydrogens (tertiary/aromatic N) is 3. The van der Waals surface area contributed by atoms with Crippen LogP contribution in [0.2, 0.25) is 0 Å². The summed E-state index contributed by atoms with van der Waals surface area (Å²) < 4.78 is 1.72. The molecule has 168 valence electrons. The molecule has 0 aliphatic heterocycles. The predicted octanol–water partition coefficient (Wildman–Crippen LogP) is 3.63. The van der Waals surface area contributed by atoms with Crippen LogP contribution in [0.1, 0.15) is 36.4 Å². The zero-order chi connectivity index (χ0) is 22.5. The first-order valence-corrected chi connectivity index (χ1v) is 12.2. The van der Waals surface area contributed by atoms with Gasteiger partial charge >= 0.3 is 0 Å². The average Bonchev–Trinajstić information content (AvgIpc) is 2.79. The normalized spacial score (nSPS) is 15.7. The molecule has 1 amide bonds. The van der Waals surface area contributed by atoms with E-state index in [2.05, 4.69) is 28.4 Å². The van der Waals surface area contributed by atoms with Gasteiger partial charge in [0.15, 0.2) is 5.16 Å². The predicted molar refractivity (Wildman–Crippen MR) is 130 cm³/mol. The van der Waals surface area contributed by atoms with Crippen molar-refractivity contribution in [3.63, 3.8) is 0 Å². The fourth-order valence-electron chi connectivity index (χ4n) is 4.27. The molecule has 6 nitrogen and oxygen atoms in total. The Morgan fingerprint density at radius 1 is 1.19 bits per heavy atom. The first-order chi connectivity index (χ1) is 15.5. The summed E-state index contributed by atoms with van der Waals surface area (Å²) in [5.74, 6) is 0.205. The Morgan fingerprint density at radius 2 is 1.97 bits per heavy atom. The van der Waals surface area contributed by atoms with Crippen LogP contribution in [0, 0.1) is 0 Å². The number of carbonyl (C=O) groups is 1. The van der Waals surface area contributed by atoms with Crippen LogP contribution in [0.5, 0.6) is 0 Å². The van der Waals surface area contributed by atoms with E-state index in [0.29, 0.717) is 22.6 Å². The van der Waals surface area contributed by atoms with Gasteiger partial charge in [0.2, 0.25) is 5.91 Å². The summed E-state index contributed by atoms with van der Waals surface area (Å²) in [6.07, 6.45) is 3.94. The van der Waals surface area contributed by atoms with Gasteiger partial charge in [-0.1, -0.05) is 48.2 Å². The minimum absolute atomic E-state index is 0.0287. The molecule has 4 rings (SSSR count). The Bertz CT molecular complexity index is 1160. The highest BCUT2D eigenvalue weighted by Crippen LogP contribution is 2.29. The van der Waals surface area contributed by atoms with Crippen LogP contribution in [-0.2, 0) is 17.8 Å². The quantitative estimate of drug-likeness (QED) is 0.419. The fraction of sp³-hybridized carbons (Fsp3) is 0.400. The molecule has 0 saturated heterocycles. The van der Waals surface area contributed by atoms with E-state index in [-0.39, 0.29) is 23.3 Å². The van der Waals surface area contributed by atoms with Gasteiger partial charge in [0.25, 0.3) is 5.56 Å². The third-order valence-corrected chi connectivity index (χ3v) is 6.83. The molecule has 1 aromatic heterocycles. The molecule has 0 spiro atoms. The van der Waals surface area contributed by atoms with Crippen molar-refractivity contribution in [2.45, 2.75) is 43.4 Å². The van der Waals surface area contributed by atoms with Crippen LogP contribution in [0.4, 0.5) is 0 Å². The van der Waals surface area contributed by atoms with Crippen LogP contribution in [0.15, 0.2) is 58.5 Å². The van der Waals surface area contributed by atoms with Gasteiger partial charge in [-0.05, 0) is 69.6 Å². The van der Waals surface area contributed by atoms with Gasteiger partial charge in [0.05, 0.1) is 22.7 Å². The van der Waals surface area contributed by atoms with Crippen molar-refractivity contribution in [1.29, 1.82) is 0 Å². The number of aromatic nitrogens is 2. The number of fused-ring (bicyclic) bond motifs is 2. The number of hydrogen-bond acceptors (Lipinski definition) is 5. The molecule has 1 N–H and O–H groups in total. The average molecular weight is 451 g/mol. The third kappa shape index (κ3) is 5.22. The van der Waals surface area contributed by atoms with E-state index in [0.717, 1.165) is 32.2 Å². The largest absolute Gasteiger partial charge is 0.349 e. The van der Waals surface area contributed by atoms with Gasteiger partial charge < -0.3 is 10.2 Å². The maximum absolute atomic E-state index is 13.1. The molecular formula is C25H30N4O2S. The Labute approximate surface area is 193 Å². The van der Waals surface area contributed by atoms with Gasteiger partial charge in [-0.3, -0.25) is 14.2 Å². The lowest BCUT2D eigenvalue weighted by atomic mass is 9.88. The molecule has 0 fully saturated rings. The van der Waals surface area contributed by atoms with Crippen molar-refractivity contribution in [1.82, 2.24) is 19.8 Å². The van der Waals surface area contributed by atoms with Gasteiger partial charge in [-0.25, -0.2) is 4.98 Å². The van der Waals surface area contributed by atoms with Crippen molar-refractivity contribution >= 4 is 28.6 Å². The highest BCUT2D eigenvalue weighted by molar-refractivity contribution is 7.99. The summed E-state index contributed by atoms with van der Waals surface area (Å²) in [4.78, 5) is 32.7. The smallest absolute Gasteiger partial charge is 0.262 e. The van der Waals surface area contributed by atoms with Gasteiger partial charge in [-0.15, -0.1) is 0 Å². The Morgan fingerprint density at radius 3 is 2.81 bits per heavy atom. The first-order valence-electron chi connectivity index (χ1n) is 11.2. The van der Waals surface area contributed by atoms with Crippen molar-refractivity contribution in [3.8, 4) is 0 Å². The maximum Gasteiger partial charge on any atom is 0.262 e. The fourth-order valence-corrected chi connectivity index (χ4v) is 5.11. The zero-order valence-corrected chi connectivity index (χ0v) is 19.5. The van der Waals surface area contributed by atoms with E-state index in [1.54, 1.807) is 4.57 Å². The molecule has 7 heteroatoms. The molecule has 32 heavy (non-hydrogen) atoms. The number of rotatable bonds is 8. The van der Waals surface area contributed by atoms with Crippen LogP contribution in [0.25, 0.3) is 10.9 Å². The van der Waals surface area contributed by atoms with E-state index in [1.807, 2.05) is 44.4 Å². The van der Waals surface area contributed by atoms with E-state index in [4.69, 9.17) is 4.98 Å². The van der Waals surface area contributed by atoms with Crippen LogP contribution < -0.4 is 10.9 Å². The van der Waals surface area contributed by atoms with Gasteiger partial charge in [0, 0.05) is 6.54 Å². The minimum Gasteiger partial charge on any atom is -0.349 e. The number of amides is 1. The topological polar surface area (TPSA) is 67.2 Å². The van der Waals surface area contributed by atoms with Crippen molar-refractivity contribution in [2.75, 3.05) is 26.4 Å². The summed E-state index contributed by atoms with van der Waals surface area (Å²) in [5.41, 5.74) is 3.17. The number of nitrogens with one attached hydrogen (secondary N) is 1. The molecule has 0 saturated carbocycles. The maximum atomic E-state index is 13.1. The van der Waals surface area contributed by atoms with E-state index in [1.165, 1.54) is 22.9 Å². The second-order valence-electron chi connectivity index (χ2n) is 8.52. The molecular weight excluding hydrogens is 420 g/mol. The van der Waals surface area contributed by atoms with Gasteiger partial charge in [0.1, 0.15) is 0 Å². The second-order valence-corrected chi connectivity index (χ2v) is 9.47. The molecule has 2 aromatic carbocycles. The first kappa shape index (κ1) is 22.6. The molecule has 0 radical (unpaired) electrons. The second kappa shape index (κ2) is 10.3. The standard InChI is InChI=1S/C25H30N4O2S/c1-28(2)15-8-16-29-24(31)20-12-5-6-13-22(20)27-25(29)32-17-23(30)26-21-14-7-10-18-9-3-4-11-19(18)21/h3-6,9,11-13,21H,7-8,10,14-17H2,1-2H3,(H,26,30). The SMILES string of the molecule is CN(C)CCCn1c(SCC(=O)NC2CCCc3ccccc32)nc2ccccc2c1=O. The van der Waals surface area contributed by atoms with Gasteiger partial charge in [-0.2, -0.15) is 0 Å². The highest BCUT2D eigenvalue weighted by Gasteiger charge is 2.22. The molecule has 1 unspecified atom stereocenters. The molecule has 1 aliphatic carbocycles. The highest BCUT2D eigenvalue weighted by atomic mass is 32.2. The summed E-state index contributed by atoms with van der Waals surface area (Å²) in [6, 6.07) is 15.8. The summed E-state index contributed by atoms with van der Waals surface area (Å²) in [6.45, 7) is 1.46. The number of carbonyl (C=O) groups excluding carboxylic acids is 1. The number of benzene rings is 2. The van der Waals surface area contributed by atoms with Crippen LogP contribution in [0.3, 0.4) is 0 Å². The lowest BCUT2D eigenvalue weighted by Gasteiger charge is -2.26. The van der Waals surface area contributed by atoms with Crippen LogP contribution >= 0.6 is 11.8 Å². The molecule has 3 aromatic rings. The third-order valence-electron chi connectivity index (χ3n) is 5.85. The van der Waals surface area contributed by atoms with Crippen LogP contribution in [-0.4, -0.2) is 46.8 Å². The number of para-hydroxylation sites is 1. The molecule has 1 heterocycles. The number of thioether (sulfide) groups is 1. The lowest BCUT2D eigenvalue weighted by Crippen LogP contribution is -2.32. The van der Waals surface area contributed by atoms with E-state index in [9.17, 15) is 9.59 Å². The molecule has 1 atom stereocenters. The summed E-state index contributed by atoms with van der Waals surface area (Å²) >= 11 is 1.34. The van der Waals surface area contributed by atoms with E-state index >= 15 is 0 Å². The van der Waals surface area contributed by atoms with Crippen molar-refractivity contribution in [3.05, 3.63) is 70.0 Å². The Hall–Kier alpha value is -2.64. The van der Waals surface area contributed by atoms with E-state index < -0.39 is 0 Å². The monoisotopic (exact) mass is 450 g/mol. The Kier molecular flexibility index (Phi) is 7.27. The lowest BCUT2D eigenvalue weighted by molar-refractivity contribution is -0.119. The van der Waals surface area contributed by atoms with Crippen molar-refractivity contribution < 1.29 is 4.79 Å². The minimum atomic E-state index is -0.0431. The summed E-state index contributed by atoms with van der Waals surface area (Å²) in [5, 5.41) is 4.41. The zero-order valence-electron chi connectivity index (χ0n) is 18.7. The van der Waals surface area contributed by atoms with Crippen molar-refractivity contribution in [2.24, 2.45) is 0 Å². The number of hydrogen-bond donors (Lipinski definition) is 1. The molecule has 1 aliphatic rings. The summed E-state index contributed by atoms with van der Waals surface area (Å²) in [7, 11) is 4.04.